The maximum absolute atomic E-state index is 13.1. The van der Waals surface area contributed by atoms with Crippen molar-refractivity contribution in [1.29, 1.82) is 0 Å². The second-order valence-electron chi connectivity index (χ2n) is 11.9. The summed E-state index contributed by atoms with van der Waals surface area (Å²) in [6, 6.07) is -5.83. The fraction of sp³-hybridized carbons (Fsp3) is 0.633. The topological polar surface area (TPSA) is 394 Å². The molecule has 5 atom stereocenters. The second-order valence-corrected chi connectivity index (χ2v) is 11.9. The molecule has 0 spiro atoms. The van der Waals surface area contributed by atoms with Crippen molar-refractivity contribution in [3.63, 3.8) is 0 Å². The highest BCUT2D eigenvalue weighted by molar-refractivity contribution is 5.94. The number of aliphatic carboxylic acids is 1. The van der Waals surface area contributed by atoms with Crippen LogP contribution >= 0.6 is 0 Å². The van der Waals surface area contributed by atoms with Gasteiger partial charge in [0.05, 0.1) is 38.8 Å². The average molecular weight is 773 g/mol. The van der Waals surface area contributed by atoms with Crippen LogP contribution in [0.5, 0.6) is 0 Å². The molecule has 0 radical (unpaired) electrons. The first-order chi connectivity index (χ1) is 25.3. The predicted octanol–water partition coefficient (Wildman–Crippen LogP) is -7.63. The minimum Gasteiger partial charge on any atom is -0.480 e. The summed E-state index contributed by atoms with van der Waals surface area (Å²) < 4.78 is 0. The maximum atomic E-state index is 13.1. The summed E-state index contributed by atoms with van der Waals surface area (Å²) in [5, 5.41) is 30.0. The second kappa shape index (κ2) is 25.9. The molecule has 0 aromatic carbocycles. The third-order valence-electron chi connectivity index (χ3n) is 7.08. The van der Waals surface area contributed by atoms with E-state index in [-0.39, 0.29) is 51.7 Å². The lowest BCUT2D eigenvalue weighted by atomic mass is 10.1. The molecule has 0 fully saturated rings. The van der Waals surface area contributed by atoms with E-state index in [1.165, 1.54) is 20.8 Å². The van der Waals surface area contributed by atoms with Crippen LogP contribution in [-0.2, 0) is 52.7 Å². The zero-order valence-corrected chi connectivity index (χ0v) is 30.3. The van der Waals surface area contributed by atoms with Crippen LogP contribution < -0.4 is 65.1 Å². The number of hydrogen-bond acceptors (Lipinski definition) is 13. The zero-order chi connectivity index (χ0) is 41.4. The Morgan fingerprint density at radius 3 is 1.48 bits per heavy atom. The Balaban J connectivity index is 4.96. The van der Waals surface area contributed by atoms with Gasteiger partial charge in [-0.1, -0.05) is 0 Å². The van der Waals surface area contributed by atoms with Gasteiger partial charge in [-0.2, -0.15) is 0 Å². The van der Waals surface area contributed by atoms with Gasteiger partial charge in [0.25, 0.3) is 0 Å². The minimum atomic E-state index is -1.30. The summed E-state index contributed by atoms with van der Waals surface area (Å²) in [6.45, 7) is 1.89. The van der Waals surface area contributed by atoms with Crippen LogP contribution in [0, 0.1) is 0 Å². The van der Waals surface area contributed by atoms with Crippen LogP contribution in [0.4, 0.5) is 0 Å². The Hall–Kier alpha value is -5.91. The highest BCUT2D eigenvalue weighted by Gasteiger charge is 2.27. The first-order valence-electron chi connectivity index (χ1n) is 16.8. The van der Waals surface area contributed by atoms with Gasteiger partial charge in [0.15, 0.2) is 0 Å². The molecule has 0 aliphatic carbocycles. The van der Waals surface area contributed by atoms with Gasteiger partial charge in [0.2, 0.25) is 59.1 Å². The van der Waals surface area contributed by atoms with E-state index >= 15 is 0 Å². The highest BCUT2D eigenvalue weighted by atomic mass is 16.4. The van der Waals surface area contributed by atoms with Crippen molar-refractivity contribution in [2.24, 2.45) is 17.2 Å². The van der Waals surface area contributed by atoms with Gasteiger partial charge in [-0.05, 0) is 46.5 Å². The number of nitrogens with two attached hydrogens (primary N) is 3. The van der Waals surface area contributed by atoms with Gasteiger partial charge in [-0.15, -0.1) is 0 Å². The number of rotatable bonds is 26. The number of carbonyl (C=O) groups is 11. The summed E-state index contributed by atoms with van der Waals surface area (Å²) in [6.07, 6.45) is -0.0202. The van der Waals surface area contributed by atoms with Gasteiger partial charge in [-0.25, -0.2) is 0 Å². The normalized spacial score (nSPS) is 13.2. The molecule has 5 unspecified atom stereocenters. The van der Waals surface area contributed by atoms with Crippen molar-refractivity contribution in [3.05, 3.63) is 0 Å². The van der Waals surface area contributed by atoms with E-state index in [0.29, 0.717) is 0 Å². The van der Waals surface area contributed by atoms with Gasteiger partial charge in [-0.3, -0.25) is 52.7 Å². The highest BCUT2D eigenvalue weighted by Crippen LogP contribution is 2.05. The zero-order valence-electron chi connectivity index (χ0n) is 30.3. The number of nitrogens with one attached hydrogen (secondary N) is 9. The molecule has 0 heterocycles. The fourth-order valence-corrected chi connectivity index (χ4v) is 3.92. The van der Waals surface area contributed by atoms with Crippen molar-refractivity contribution in [1.82, 2.24) is 47.9 Å². The summed E-state index contributed by atoms with van der Waals surface area (Å²) in [4.78, 5) is 131. The van der Waals surface area contributed by atoms with E-state index in [1.54, 1.807) is 0 Å². The van der Waals surface area contributed by atoms with Crippen molar-refractivity contribution in [2.75, 3.05) is 39.3 Å². The first-order valence-corrected chi connectivity index (χ1v) is 16.8. The van der Waals surface area contributed by atoms with E-state index in [1.807, 2.05) is 0 Å². The Labute approximate surface area is 310 Å². The molecule has 10 amide bonds. The van der Waals surface area contributed by atoms with Crippen molar-refractivity contribution >= 4 is 65.0 Å². The monoisotopic (exact) mass is 772 g/mol. The summed E-state index contributed by atoms with van der Waals surface area (Å²) >= 11 is 0. The third kappa shape index (κ3) is 22.1. The van der Waals surface area contributed by atoms with Gasteiger partial charge in [0, 0.05) is 13.0 Å². The van der Waals surface area contributed by atoms with Crippen LogP contribution in [-0.4, -0.2) is 140 Å². The molecule has 54 heavy (non-hydrogen) atoms. The maximum Gasteiger partial charge on any atom is 0.325 e. The van der Waals surface area contributed by atoms with Crippen LogP contribution in [0.3, 0.4) is 0 Å². The van der Waals surface area contributed by atoms with Crippen LogP contribution in [0.2, 0.25) is 0 Å². The molecular formula is C30H52N12O12. The Morgan fingerprint density at radius 1 is 0.537 bits per heavy atom. The molecule has 0 saturated heterocycles. The molecule has 0 aromatic heterocycles. The fourth-order valence-electron chi connectivity index (χ4n) is 3.92. The van der Waals surface area contributed by atoms with E-state index < -0.39 is 115 Å². The Bertz CT molecular complexity index is 1380. The molecule has 0 aliphatic heterocycles. The molecule has 304 valence electrons. The number of primary amides is 1. The average Bonchev–Trinajstić information content (AvgIpc) is 3.11. The molecule has 16 N–H and O–H groups in total. The minimum absolute atomic E-state index is 0.00715. The lowest BCUT2D eigenvalue weighted by molar-refractivity contribution is -0.141. The molecule has 0 aromatic rings. The number of amides is 10. The molecule has 0 bridgehead atoms. The third-order valence-corrected chi connectivity index (χ3v) is 7.08. The smallest absolute Gasteiger partial charge is 0.325 e. The summed E-state index contributed by atoms with van der Waals surface area (Å²) in [5.74, 6) is -8.39. The summed E-state index contributed by atoms with van der Waals surface area (Å²) in [7, 11) is 0. The van der Waals surface area contributed by atoms with Gasteiger partial charge in [0.1, 0.15) is 24.2 Å². The number of unbranched alkanes of at least 4 members (excludes halogenated alkanes) is 1. The van der Waals surface area contributed by atoms with Crippen molar-refractivity contribution < 1.29 is 57.8 Å². The largest absolute Gasteiger partial charge is 0.480 e. The lowest BCUT2D eigenvalue weighted by Gasteiger charge is -2.22. The Morgan fingerprint density at radius 2 is 1.02 bits per heavy atom. The number of carboxylic acids is 1. The van der Waals surface area contributed by atoms with E-state index in [4.69, 9.17) is 22.3 Å². The van der Waals surface area contributed by atoms with Crippen molar-refractivity contribution in [2.45, 2.75) is 83.1 Å². The van der Waals surface area contributed by atoms with Crippen LogP contribution in [0.1, 0.15) is 52.9 Å². The molecule has 24 heteroatoms. The standard InChI is InChI=1S/C30H52N12O12/c1-15(32)27(50)42-18(26(33)49)7-8-20(43)41-19(29(52)39-16(2)28(51)40-17(3)30(53)54)6-4-5-9-34-22(45)11-36-24(47)13-38-25(48)14-37-23(46)12-35-21(44)10-31/h15-19H,4-14,31-32H2,1-3H3,(H2,33,49)(H,34,45)(H,35,44)(H,36,47)(H,37,46)(H,38,48)(H,39,52)(H,40,51)(H,41,43)(H,42,50)(H,53,54). The van der Waals surface area contributed by atoms with E-state index in [0.717, 1.165) is 0 Å². The predicted molar refractivity (Wildman–Crippen MR) is 187 cm³/mol. The number of hydrogen-bond donors (Lipinski definition) is 13. The van der Waals surface area contributed by atoms with Gasteiger partial charge < -0.3 is 70.2 Å². The molecule has 0 aliphatic rings. The number of carboxylic acid groups (broad SMARTS) is 1. The van der Waals surface area contributed by atoms with E-state index in [9.17, 15) is 52.7 Å². The molecule has 0 saturated carbocycles. The molecular weight excluding hydrogens is 720 g/mol. The van der Waals surface area contributed by atoms with Crippen molar-refractivity contribution in [3.8, 4) is 0 Å². The van der Waals surface area contributed by atoms with Crippen LogP contribution in [0.25, 0.3) is 0 Å². The first kappa shape index (κ1) is 48.1. The SMILES string of the molecule is CC(N)C(=O)NC(CCC(=O)NC(CCCCNC(=O)CNC(=O)CNC(=O)CNC(=O)CNC(=O)CN)C(=O)NC(C)C(=O)NC(C)C(=O)O)C(N)=O. The molecule has 24 nitrogen and oxygen atoms in total. The summed E-state index contributed by atoms with van der Waals surface area (Å²) in [5.41, 5.74) is 15.9. The van der Waals surface area contributed by atoms with Crippen LogP contribution in [0.15, 0.2) is 0 Å². The van der Waals surface area contributed by atoms with E-state index in [2.05, 4.69) is 47.9 Å². The number of carbonyl (C=O) groups excluding carboxylic acids is 10. The van der Waals surface area contributed by atoms with Gasteiger partial charge >= 0.3 is 5.97 Å². The quantitative estimate of drug-likeness (QED) is 0.0364. The Kier molecular flexibility index (Phi) is 23.1. The lowest BCUT2D eigenvalue weighted by Crippen LogP contribution is -2.54. The molecule has 0 rings (SSSR count).